The number of carbonyl (C=O) groups excluding carboxylic acids is 3. The van der Waals surface area contributed by atoms with Gasteiger partial charge in [-0.2, -0.15) is 0 Å². The van der Waals surface area contributed by atoms with Gasteiger partial charge in [-0.05, 0) is 24.3 Å². The second-order valence-electron chi connectivity index (χ2n) is 6.40. The minimum absolute atomic E-state index is 0.00931. The zero-order valence-electron chi connectivity index (χ0n) is 14.4. The fraction of sp³-hybridized carbons (Fsp3) is 0.471. The fourth-order valence-electron chi connectivity index (χ4n) is 3.23. The second kappa shape index (κ2) is 6.72. The van der Waals surface area contributed by atoms with Gasteiger partial charge in [0.15, 0.2) is 0 Å². The van der Waals surface area contributed by atoms with Crippen LogP contribution in [-0.4, -0.2) is 90.6 Å². The Morgan fingerprint density at radius 3 is 2.48 bits per heavy atom. The lowest BCUT2D eigenvalue weighted by molar-refractivity contribution is -0.129. The molecule has 0 saturated carbocycles. The van der Waals surface area contributed by atoms with Crippen LogP contribution in [0.4, 0.5) is 10.5 Å². The monoisotopic (exact) mass is 346 g/mol. The summed E-state index contributed by atoms with van der Waals surface area (Å²) in [5.74, 6) is -0.495. The van der Waals surface area contributed by atoms with Crippen molar-refractivity contribution in [2.24, 2.45) is 0 Å². The van der Waals surface area contributed by atoms with E-state index in [4.69, 9.17) is 5.11 Å². The smallest absolute Gasteiger partial charge is 0.327 e. The molecule has 0 aliphatic carbocycles. The maximum atomic E-state index is 12.7. The van der Waals surface area contributed by atoms with Crippen LogP contribution >= 0.6 is 0 Å². The van der Waals surface area contributed by atoms with Gasteiger partial charge in [-0.15, -0.1) is 0 Å². The number of hydrogen-bond donors (Lipinski definition) is 1. The van der Waals surface area contributed by atoms with Crippen LogP contribution < -0.4 is 4.90 Å². The van der Waals surface area contributed by atoms with Crippen molar-refractivity contribution < 1.29 is 19.5 Å². The van der Waals surface area contributed by atoms with E-state index in [1.54, 1.807) is 17.0 Å². The average molecular weight is 346 g/mol. The number of piperazine rings is 1. The molecule has 2 aliphatic heterocycles. The lowest BCUT2D eigenvalue weighted by Crippen LogP contribution is -2.54. The molecule has 8 nitrogen and oxygen atoms in total. The molecule has 0 radical (unpaired) electrons. The van der Waals surface area contributed by atoms with Gasteiger partial charge in [0.25, 0.3) is 11.8 Å². The minimum Gasteiger partial charge on any atom is -0.395 e. The van der Waals surface area contributed by atoms with Gasteiger partial charge in [0.05, 0.1) is 19.7 Å². The van der Waals surface area contributed by atoms with Gasteiger partial charge in [-0.3, -0.25) is 14.5 Å². The Bertz CT molecular complexity index is 688. The highest BCUT2D eigenvalue weighted by Gasteiger charge is 2.48. The van der Waals surface area contributed by atoms with Crippen LogP contribution in [0, 0.1) is 0 Å². The van der Waals surface area contributed by atoms with Gasteiger partial charge in [0, 0.05) is 38.4 Å². The fourth-order valence-corrected chi connectivity index (χ4v) is 3.23. The van der Waals surface area contributed by atoms with Gasteiger partial charge >= 0.3 is 6.03 Å². The first-order valence-electron chi connectivity index (χ1n) is 8.23. The van der Waals surface area contributed by atoms with Crippen LogP contribution in [0.1, 0.15) is 10.4 Å². The van der Waals surface area contributed by atoms with E-state index < -0.39 is 6.04 Å². The Hall–Kier alpha value is -2.61. The number of urea groups is 1. The molecule has 4 amide bonds. The van der Waals surface area contributed by atoms with E-state index >= 15 is 0 Å². The average Bonchev–Trinajstić information content (AvgIpc) is 2.86. The zero-order chi connectivity index (χ0) is 18.1. The first-order valence-corrected chi connectivity index (χ1v) is 8.23. The maximum absolute atomic E-state index is 12.7. The summed E-state index contributed by atoms with van der Waals surface area (Å²) < 4.78 is 0. The van der Waals surface area contributed by atoms with E-state index in [-0.39, 0.29) is 37.5 Å². The largest absolute Gasteiger partial charge is 0.395 e. The van der Waals surface area contributed by atoms with E-state index in [2.05, 4.69) is 0 Å². The quantitative estimate of drug-likeness (QED) is 0.766. The lowest BCUT2D eigenvalue weighted by atomic mass is 10.1. The molecule has 1 aromatic rings. The SMILES string of the molecule is CN(C)c1ccc(C(=O)N2CCN3C(=O)N(CCO)C(=O)C3C2)cc1. The summed E-state index contributed by atoms with van der Waals surface area (Å²) in [6, 6.07) is 6.24. The number of rotatable bonds is 4. The summed E-state index contributed by atoms with van der Waals surface area (Å²) in [5.41, 5.74) is 1.56. The van der Waals surface area contributed by atoms with E-state index in [1.807, 2.05) is 31.1 Å². The molecule has 0 spiro atoms. The Morgan fingerprint density at radius 1 is 1.20 bits per heavy atom. The summed E-state index contributed by atoms with van der Waals surface area (Å²) >= 11 is 0. The molecule has 134 valence electrons. The standard InChI is InChI=1S/C17H22N4O4/c1-18(2)13-5-3-12(4-6-13)15(23)19-7-8-20-14(11-19)16(24)21(9-10-22)17(20)25/h3-6,14,22H,7-11H2,1-2H3. The number of anilines is 1. The molecule has 1 unspecified atom stereocenters. The van der Waals surface area contributed by atoms with Crippen LogP contribution in [0.15, 0.2) is 24.3 Å². The number of nitrogens with zero attached hydrogens (tertiary/aromatic N) is 4. The number of imide groups is 1. The molecular weight excluding hydrogens is 324 g/mol. The molecule has 2 heterocycles. The molecule has 1 aromatic carbocycles. The number of aliphatic hydroxyl groups is 1. The predicted molar refractivity (Wildman–Crippen MR) is 91.4 cm³/mol. The number of carbonyl (C=O) groups is 3. The van der Waals surface area contributed by atoms with Crippen molar-refractivity contribution >= 4 is 23.5 Å². The molecule has 8 heteroatoms. The normalized spacial score (nSPS) is 20.1. The van der Waals surface area contributed by atoms with E-state index in [9.17, 15) is 14.4 Å². The first kappa shape index (κ1) is 17.2. The number of β-amino-alcohol motifs (C(OH)–C–C–N with tert-alkyl or cyclic N) is 1. The van der Waals surface area contributed by atoms with Crippen molar-refractivity contribution in [3.05, 3.63) is 29.8 Å². The summed E-state index contributed by atoms with van der Waals surface area (Å²) in [6.45, 7) is 0.611. The Balaban J connectivity index is 1.72. The number of hydrogen-bond acceptors (Lipinski definition) is 5. The third-order valence-electron chi connectivity index (χ3n) is 4.65. The molecule has 1 atom stereocenters. The maximum Gasteiger partial charge on any atom is 0.327 e. The number of benzene rings is 1. The highest BCUT2D eigenvalue weighted by atomic mass is 16.3. The van der Waals surface area contributed by atoms with Crippen molar-refractivity contribution in [2.75, 3.05) is 51.8 Å². The first-order chi connectivity index (χ1) is 11.9. The summed E-state index contributed by atoms with van der Waals surface area (Å²) in [4.78, 5) is 43.4. The minimum atomic E-state index is -0.655. The second-order valence-corrected chi connectivity index (χ2v) is 6.40. The van der Waals surface area contributed by atoms with Crippen molar-refractivity contribution in [2.45, 2.75) is 6.04 Å². The molecule has 2 aliphatic rings. The van der Waals surface area contributed by atoms with Gasteiger partial charge in [-0.25, -0.2) is 4.79 Å². The highest BCUT2D eigenvalue weighted by molar-refractivity contribution is 6.05. The number of amides is 4. The number of fused-ring (bicyclic) bond motifs is 1. The van der Waals surface area contributed by atoms with Crippen LogP contribution in [-0.2, 0) is 4.79 Å². The summed E-state index contributed by atoms with van der Waals surface area (Å²) in [7, 11) is 3.85. The van der Waals surface area contributed by atoms with Crippen molar-refractivity contribution in [1.29, 1.82) is 0 Å². The Kier molecular flexibility index (Phi) is 4.63. The van der Waals surface area contributed by atoms with Crippen LogP contribution in [0.3, 0.4) is 0 Å². The molecule has 2 saturated heterocycles. The van der Waals surface area contributed by atoms with Crippen LogP contribution in [0.25, 0.3) is 0 Å². The summed E-state index contributed by atoms with van der Waals surface area (Å²) in [6.07, 6.45) is 0. The topological polar surface area (TPSA) is 84.4 Å². The van der Waals surface area contributed by atoms with Crippen molar-refractivity contribution in [1.82, 2.24) is 14.7 Å². The molecule has 0 aromatic heterocycles. The van der Waals surface area contributed by atoms with E-state index in [1.165, 1.54) is 4.90 Å². The van der Waals surface area contributed by atoms with Crippen molar-refractivity contribution in [3.8, 4) is 0 Å². The molecule has 0 bridgehead atoms. The van der Waals surface area contributed by atoms with Gasteiger partial charge in [-0.1, -0.05) is 0 Å². The lowest BCUT2D eigenvalue weighted by Gasteiger charge is -2.35. The molecule has 1 N–H and O–H groups in total. The molecule has 3 rings (SSSR count). The van der Waals surface area contributed by atoms with Crippen LogP contribution in [0.5, 0.6) is 0 Å². The van der Waals surface area contributed by atoms with Gasteiger partial charge in [0.2, 0.25) is 0 Å². The summed E-state index contributed by atoms with van der Waals surface area (Å²) in [5, 5.41) is 9.01. The van der Waals surface area contributed by atoms with Crippen molar-refractivity contribution in [3.63, 3.8) is 0 Å². The van der Waals surface area contributed by atoms with Gasteiger partial charge < -0.3 is 19.8 Å². The van der Waals surface area contributed by atoms with Crippen LogP contribution in [0.2, 0.25) is 0 Å². The third kappa shape index (κ3) is 3.05. The molecular formula is C17H22N4O4. The Morgan fingerprint density at radius 2 is 1.88 bits per heavy atom. The van der Waals surface area contributed by atoms with E-state index in [0.29, 0.717) is 18.7 Å². The van der Waals surface area contributed by atoms with E-state index in [0.717, 1.165) is 10.6 Å². The van der Waals surface area contributed by atoms with Gasteiger partial charge in [0.1, 0.15) is 6.04 Å². The number of aliphatic hydroxyl groups excluding tert-OH is 1. The Labute approximate surface area is 146 Å². The predicted octanol–water partition coefficient (Wildman–Crippen LogP) is -0.166. The highest BCUT2D eigenvalue weighted by Crippen LogP contribution is 2.23. The third-order valence-corrected chi connectivity index (χ3v) is 4.65. The zero-order valence-corrected chi connectivity index (χ0v) is 14.4. The molecule has 2 fully saturated rings. The molecule has 25 heavy (non-hydrogen) atoms.